The molecular formula is C12H19NO6P+. The van der Waals surface area contributed by atoms with Gasteiger partial charge < -0.3 is 20.0 Å². The standard InChI is InChI=1S/C12H18NO6P/c1-11(2,3)13-6-4-5-9(8-13)7-12(16,10(14)15)20(17,18)19/h4-6,8,16H,7H2,1-3H3,(H2-,14,15,17,18,19)/p+1. The van der Waals surface area contributed by atoms with Gasteiger partial charge in [-0.25, -0.2) is 9.36 Å². The lowest BCUT2D eigenvalue weighted by Crippen LogP contribution is -2.50. The van der Waals surface area contributed by atoms with Crippen LogP contribution < -0.4 is 4.57 Å². The Morgan fingerprint density at radius 2 is 1.90 bits per heavy atom. The van der Waals surface area contributed by atoms with Gasteiger partial charge in [-0.05, 0) is 6.07 Å². The Balaban J connectivity index is 3.21. The highest BCUT2D eigenvalue weighted by atomic mass is 31.2. The molecule has 1 aromatic rings. The van der Waals surface area contributed by atoms with Gasteiger partial charge >= 0.3 is 13.6 Å². The molecule has 1 aromatic heterocycles. The molecule has 0 radical (unpaired) electrons. The Kier molecular flexibility index (Phi) is 4.41. The predicted molar refractivity (Wildman–Crippen MR) is 70.0 cm³/mol. The van der Waals surface area contributed by atoms with Crippen molar-refractivity contribution in [2.24, 2.45) is 0 Å². The Morgan fingerprint density at radius 1 is 1.35 bits per heavy atom. The Hall–Kier alpha value is -1.27. The molecule has 0 amide bonds. The zero-order valence-electron chi connectivity index (χ0n) is 11.5. The Labute approximate surface area is 116 Å². The van der Waals surface area contributed by atoms with Crippen molar-refractivity contribution < 1.29 is 33.9 Å². The number of hydrogen-bond acceptors (Lipinski definition) is 3. The van der Waals surface area contributed by atoms with Crippen molar-refractivity contribution in [1.82, 2.24) is 0 Å². The summed E-state index contributed by atoms with van der Waals surface area (Å²) >= 11 is 0. The van der Waals surface area contributed by atoms with Crippen LogP contribution in [0.5, 0.6) is 0 Å². The molecule has 0 aliphatic rings. The van der Waals surface area contributed by atoms with Crippen LogP contribution in [-0.2, 0) is 21.3 Å². The summed E-state index contributed by atoms with van der Waals surface area (Å²) < 4.78 is 13.0. The lowest BCUT2D eigenvalue weighted by atomic mass is 10.1. The van der Waals surface area contributed by atoms with E-state index >= 15 is 0 Å². The van der Waals surface area contributed by atoms with E-state index in [2.05, 4.69) is 0 Å². The smallest absolute Gasteiger partial charge is 0.368 e. The van der Waals surface area contributed by atoms with Crippen LogP contribution in [0.15, 0.2) is 24.5 Å². The molecule has 20 heavy (non-hydrogen) atoms. The van der Waals surface area contributed by atoms with Crippen molar-refractivity contribution in [3.63, 3.8) is 0 Å². The quantitative estimate of drug-likeness (QED) is 0.467. The van der Waals surface area contributed by atoms with E-state index in [-0.39, 0.29) is 5.54 Å². The van der Waals surface area contributed by atoms with Crippen molar-refractivity contribution in [2.75, 3.05) is 0 Å². The van der Waals surface area contributed by atoms with Gasteiger partial charge in [0, 0.05) is 38.8 Å². The van der Waals surface area contributed by atoms with Gasteiger partial charge in [0.15, 0.2) is 17.9 Å². The number of pyridine rings is 1. The molecule has 0 saturated carbocycles. The molecule has 0 saturated heterocycles. The SMILES string of the molecule is CC(C)(C)[n+]1cccc(CC(O)(C(=O)O)P(=O)(O)O)c1. The summed E-state index contributed by atoms with van der Waals surface area (Å²) in [7, 11) is -5.22. The van der Waals surface area contributed by atoms with Crippen molar-refractivity contribution in [2.45, 2.75) is 38.1 Å². The van der Waals surface area contributed by atoms with Crippen LogP contribution in [0.4, 0.5) is 0 Å². The van der Waals surface area contributed by atoms with Crippen LogP contribution in [0, 0.1) is 0 Å². The fourth-order valence-corrected chi connectivity index (χ4v) is 2.27. The van der Waals surface area contributed by atoms with E-state index in [1.807, 2.05) is 20.8 Å². The third-order valence-corrected chi connectivity index (χ3v) is 4.22. The highest BCUT2D eigenvalue weighted by Crippen LogP contribution is 2.50. The van der Waals surface area contributed by atoms with Crippen molar-refractivity contribution in [3.05, 3.63) is 30.1 Å². The molecule has 7 nitrogen and oxygen atoms in total. The number of aliphatic carboxylic acids is 1. The summed E-state index contributed by atoms with van der Waals surface area (Å²) in [6.45, 7) is 5.76. The monoisotopic (exact) mass is 304 g/mol. The van der Waals surface area contributed by atoms with E-state index in [1.54, 1.807) is 23.0 Å². The summed E-state index contributed by atoms with van der Waals surface area (Å²) in [6, 6.07) is 3.13. The zero-order chi connectivity index (χ0) is 15.8. The lowest BCUT2D eigenvalue weighted by Gasteiger charge is -2.24. The van der Waals surface area contributed by atoms with Gasteiger partial charge in [-0.3, -0.25) is 4.57 Å². The van der Waals surface area contributed by atoms with E-state index in [0.717, 1.165) is 0 Å². The van der Waals surface area contributed by atoms with E-state index in [1.165, 1.54) is 6.07 Å². The predicted octanol–water partition coefficient (Wildman–Crippen LogP) is 0.223. The minimum absolute atomic E-state index is 0.278. The van der Waals surface area contributed by atoms with Crippen LogP contribution in [0.3, 0.4) is 0 Å². The molecular weight excluding hydrogens is 285 g/mol. The van der Waals surface area contributed by atoms with Crippen molar-refractivity contribution in [1.29, 1.82) is 0 Å². The first kappa shape index (κ1) is 16.8. The number of nitrogens with zero attached hydrogens (tertiary/aromatic N) is 1. The minimum Gasteiger partial charge on any atom is -0.479 e. The molecule has 1 heterocycles. The first-order valence-corrected chi connectivity index (χ1v) is 7.51. The Bertz CT molecular complexity index is 561. The van der Waals surface area contributed by atoms with Gasteiger partial charge in [0.05, 0.1) is 0 Å². The average Bonchev–Trinajstić information content (AvgIpc) is 2.26. The molecule has 0 spiro atoms. The van der Waals surface area contributed by atoms with Gasteiger partial charge in [0.1, 0.15) is 0 Å². The van der Waals surface area contributed by atoms with Crippen LogP contribution in [0.25, 0.3) is 0 Å². The van der Waals surface area contributed by atoms with Crippen LogP contribution in [-0.4, -0.2) is 31.3 Å². The number of carboxylic acid groups (broad SMARTS) is 1. The fraction of sp³-hybridized carbons (Fsp3) is 0.500. The Morgan fingerprint density at radius 3 is 2.30 bits per heavy atom. The number of aliphatic hydroxyl groups is 1. The number of hydrogen-bond donors (Lipinski definition) is 4. The summed E-state index contributed by atoms with van der Waals surface area (Å²) in [5.74, 6) is -1.95. The number of aromatic nitrogens is 1. The minimum atomic E-state index is -5.22. The molecule has 1 rings (SSSR count). The van der Waals surface area contributed by atoms with Crippen LogP contribution in [0.2, 0.25) is 0 Å². The molecule has 0 aromatic carbocycles. The molecule has 1 atom stereocenters. The van der Waals surface area contributed by atoms with Crippen LogP contribution >= 0.6 is 7.60 Å². The molecule has 0 fully saturated rings. The topological polar surface area (TPSA) is 119 Å². The molecule has 112 valence electrons. The van der Waals surface area contributed by atoms with E-state index in [0.29, 0.717) is 5.56 Å². The van der Waals surface area contributed by atoms with Gasteiger partial charge in [0.25, 0.3) is 5.34 Å². The third-order valence-electron chi connectivity index (χ3n) is 2.91. The number of rotatable bonds is 4. The fourth-order valence-electron chi connectivity index (χ4n) is 1.63. The highest BCUT2D eigenvalue weighted by Gasteiger charge is 2.53. The molecule has 4 N–H and O–H groups in total. The molecule has 0 bridgehead atoms. The summed E-state index contributed by atoms with van der Waals surface area (Å²) in [5, 5.41) is 15.6. The van der Waals surface area contributed by atoms with E-state index in [9.17, 15) is 14.5 Å². The van der Waals surface area contributed by atoms with Gasteiger partial charge in [-0.15, -0.1) is 0 Å². The van der Waals surface area contributed by atoms with E-state index < -0.39 is 25.3 Å². The summed E-state index contributed by atoms with van der Waals surface area (Å²) in [4.78, 5) is 29.1. The molecule has 1 unspecified atom stereocenters. The second-order valence-electron chi connectivity index (χ2n) is 5.63. The van der Waals surface area contributed by atoms with E-state index in [4.69, 9.17) is 14.9 Å². The maximum absolute atomic E-state index is 11.2. The lowest BCUT2D eigenvalue weighted by molar-refractivity contribution is -0.754. The van der Waals surface area contributed by atoms with Crippen LogP contribution in [0.1, 0.15) is 26.3 Å². The first-order chi connectivity index (χ1) is 8.88. The second kappa shape index (κ2) is 5.26. The third kappa shape index (κ3) is 3.43. The van der Waals surface area contributed by atoms with Crippen molar-refractivity contribution >= 4 is 13.6 Å². The maximum atomic E-state index is 11.2. The largest absolute Gasteiger partial charge is 0.479 e. The van der Waals surface area contributed by atoms with Gasteiger partial charge in [-0.1, -0.05) is 0 Å². The zero-order valence-corrected chi connectivity index (χ0v) is 12.4. The molecule has 0 aliphatic heterocycles. The number of carboxylic acids is 1. The molecule has 0 aliphatic carbocycles. The van der Waals surface area contributed by atoms with Gasteiger partial charge in [-0.2, -0.15) is 0 Å². The second-order valence-corrected chi connectivity index (χ2v) is 7.46. The normalized spacial score (nSPS) is 15.7. The summed E-state index contributed by atoms with van der Waals surface area (Å²) in [5.41, 5.74) is 0.0371. The molecule has 8 heteroatoms. The summed E-state index contributed by atoms with van der Waals surface area (Å²) in [6.07, 6.45) is 2.63. The van der Waals surface area contributed by atoms with Crippen molar-refractivity contribution in [3.8, 4) is 0 Å². The first-order valence-electron chi connectivity index (χ1n) is 5.90. The maximum Gasteiger partial charge on any atom is 0.368 e. The number of carbonyl (C=O) groups is 1. The van der Waals surface area contributed by atoms with Gasteiger partial charge in [0.2, 0.25) is 0 Å². The highest BCUT2D eigenvalue weighted by molar-refractivity contribution is 7.54. The average molecular weight is 304 g/mol.